The first kappa shape index (κ1) is 17.9. The number of nitrogens with zero attached hydrogens (tertiary/aromatic N) is 2. The van der Waals surface area contributed by atoms with Gasteiger partial charge in [-0.05, 0) is 55.6 Å². The van der Waals surface area contributed by atoms with Gasteiger partial charge in [0, 0.05) is 23.3 Å². The average molecular weight is 404 g/mol. The number of primary amides is 1. The van der Waals surface area contributed by atoms with Gasteiger partial charge in [-0.1, -0.05) is 28.1 Å². The minimum atomic E-state index is -0.536. The van der Waals surface area contributed by atoms with Gasteiger partial charge in [0.15, 0.2) is 0 Å². The van der Waals surface area contributed by atoms with Crippen molar-refractivity contribution in [2.75, 3.05) is 19.7 Å². The monoisotopic (exact) mass is 403 g/mol. The first-order valence-electron chi connectivity index (χ1n) is 8.45. The van der Waals surface area contributed by atoms with Crippen LogP contribution in [-0.2, 0) is 6.54 Å². The predicted octanol–water partition coefficient (Wildman–Crippen LogP) is 3.23. The Bertz CT molecular complexity index is 730. The van der Waals surface area contributed by atoms with Crippen molar-refractivity contribution in [1.29, 1.82) is 0 Å². The van der Waals surface area contributed by atoms with Crippen molar-refractivity contribution in [2.45, 2.75) is 19.4 Å². The number of benzene rings is 1. The van der Waals surface area contributed by atoms with Gasteiger partial charge in [-0.25, -0.2) is 0 Å². The lowest BCUT2D eigenvalue weighted by Gasteiger charge is -2.31. The van der Waals surface area contributed by atoms with E-state index in [4.69, 9.17) is 10.5 Å². The molecule has 0 bridgehead atoms. The molecule has 1 aromatic carbocycles. The molecule has 1 aliphatic heterocycles. The average Bonchev–Trinajstić information content (AvgIpc) is 2.61. The first-order valence-corrected chi connectivity index (χ1v) is 9.25. The maximum atomic E-state index is 11.2. The topological polar surface area (TPSA) is 68.5 Å². The fraction of sp³-hybridized carbons (Fsp3) is 0.368. The van der Waals surface area contributed by atoms with E-state index in [1.165, 1.54) is 5.56 Å². The van der Waals surface area contributed by atoms with Gasteiger partial charge in [0.2, 0.25) is 0 Å². The Morgan fingerprint density at radius 3 is 2.80 bits per heavy atom. The Morgan fingerprint density at radius 2 is 2.08 bits per heavy atom. The second kappa shape index (κ2) is 8.45. The summed E-state index contributed by atoms with van der Waals surface area (Å²) < 4.78 is 6.96. The molecule has 1 fully saturated rings. The van der Waals surface area contributed by atoms with E-state index in [2.05, 4.69) is 50.1 Å². The summed E-state index contributed by atoms with van der Waals surface area (Å²) >= 11 is 3.52. The molecule has 6 heteroatoms. The molecule has 0 unspecified atom stereocenters. The Kier molecular flexibility index (Phi) is 6.04. The number of likely N-dealkylation sites (tertiary alicyclic amines) is 1. The zero-order chi connectivity index (χ0) is 17.6. The van der Waals surface area contributed by atoms with Crippen molar-refractivity contribution in [3.63, 3.8) is 0 Å². The SMILES string of the molecule is NC(=O)c1cc(OCC2CCN(Cc3cccc(Br)c3)CC2)ccn1. The summed E-state index contributed by atoms with van der Waals surface area (Å²) in [4.78, 5) is 17.6. The van der Waals surface area contributed by atoms with Crippen molar-refractivity contribution in [1.82, 2.24) is 9.88 Å². The summed E-state index contributed by atoms with van der Waals surface area (Å²) in [5.41, 5.74) is 6.81. The van der Waals surface area contributed by atoms with Crippen LogP contribution in [0.25, 0.3) is 0 Å². The molecule has 1 saturated heterocycles. The number of nitrogens with two attached hydrogens (primary N) is 1. The molecule has 132 valence electrons. The van der Waals surface area contributed by atoms with Crippen LogP contribution in [0.4, 0.5) is 0 Å². The van der Waals surface area contributed by atoms with Crippen LogP contribution in [0.2, 0.25) is 0 Å². The number of rotatable bonds is 6. The van der Waals surface area contributed by atoms with Crippen LogP contribution in [0.5, 0.6) is 5.75 Å². The fourth-order valence-electron chi connectivity index (χ4n) is 3.05. The molecule has 0 aliphatic carbocycles. The predicted molar refractivity (Wildman–Crippen MR) is 100 cm³/mol. The molecule has 3 rings (SSSR count). The van der Waals surface area contributed by atoms with Crippen LogP contribution in [-0.4, -0.2) is 35.5 Å². The van der Waals surface area contributed by atoms with Crippen molar-refractivity contribution in [2.24, 2.45) is 11.7 Å². The van der Waals surface area contributed by atoms with Crippen LogP contribution in [0.3, 0.4) is 0 Å². The summed E-state index contributed by atoms with van der Waals surface area (Å²) in [7, 11) is 0. The van der Waals surface area contributed by atoms with Gasteiger partial charge in [-0.2, -0.15) is 0 Å². The molecule has 0 spiro atoms. The van der Waals surface area contributed by atoms with Gasteiger partial charge < -0.3 is 10.5 Å². The van der Waals surface area contributed by atoms with E-state index in [1.807, 2.05) is 0 Å². The summed E-state index contributed by atoms with van der Waals surface area (Å²) in [6, 6.07) is 11.8. The van der Waals surface area contributed by atoms with Gasteiger partial charge >= 0.3 is 0 Å². The molecular formula is C19H22BrN3O2. The van der Waals surface area contributed by atoms with Crippen molar-refractivity contribution in [3.05, 3.63) is 58.3 Å². The molecule has 0 radical (unpaired) electrons. The van der Waals surface area contributed by atoms with Gasteiger partial charge in [0.1, 0.15) is 11.4 Å². The minimum Gasteiger partial charge on any atom is -0.493 e. The van der Waals surface area contributed by atoms with E-state index in [0.29, 0.717) is 18.3 Å². The number of hydrogen-bond acceptors (Lipinski definition) is 4. The van der Waals surface area contributed by atoms with Gasteiger partial charge in [0.05, 0.1) is 6.61 Å². The number of hydrogen-bond donors (Lipinski definition) is 1. The van der Waals surface area contributed by atoms with Crippen LogP contribution in [0, 0.1) is 5.92 Å². The second-order valence-corrected chi connectivity index (χ2v) is 7.32. The van der Waals surface area contributed by atoms with E-state index in [0.717, 1.165) is 36.9 Å². The highest BCUT2D eigenvalue weighted by atomic mass is 79.9. The lowest BCUT2D eigenvalue weighted by Crippen LogP contribution is -2.35. The molecule has 5 nitrogen and oxygen atoms in total. The van der Waals surface area contributed by atoms with Crippen molar-refractivity contribution in [3.8, 4) is 5.75 Å². The number of piperidine rings is 1. The molecule has 1 aromatic heterocycles. The fourth-order valence-corrected chi connectivity index (χ4v) is 3.50. The Morgan fingerprint density at radius 1 is 1.28 bits per heavy atom. The second-order valence-electron chi connectivity index (χ2n) is 6.40. The molecule has 25 heavy (non-hydrogen) atoms. The minimum absolute atomic E-state index is 0.237. The quantitative estimate of drug-likeness (QED) is 0.803. The Balaban J connectivity index is 1.45. The zero-order valence-electron chi connectivity index (χ0n) is 14.0. The zero-order valence-corrected chi connectivity index (χ0v) is 15.6. The summed E-state index contributed by atoms with van der Waals surface area (Å²) in [5, 5.41) is 0. The molecular weight excluding hydrogens is 382 g/mol. The highest BCUT2D eigenvalue weighted by Crippen LogP contribution is 2.22. The van der Waals surface area contributed by atoms with E-state index < -0.39 is 5.91 Å². The largest absolute Gasteiger partial charge is 0.493 e. The third kappa shape index (κ3) is 5.28. The van der Waals surface area contributed by atoms with Gasteiger partial charge in [-0.15, -0.1) is 0 Å². The molecule has 1 amide bonds. The Hall–Kier alpha value is -1.92. The van der Waals surface area contributed by atoms with E-state index in [9.17, 15) is 4.79 Å². The highest BCUT2D eigenvalue weighted by molar-refractivity contribution is 9.10. The van der Waals surface area contributed by atoms with E-state index in [-0.39, 0.29) is 5.69 Å². The Labute approximate surface area is 156 Å². The summed E-state index contributed by atoms with van der Waals surface area (Å²) in [6.45, 7) is 3.79. The lowest BCUT2D eigenvalue weighted by molar-refractivity contribution is 0.0994. The van der Waals surface area contributed by atoms with Crippen LogP contribution in [0.15, 0.2) is 47.1 Å². The standard InChI is InChI=1S/C19H22BrN3O2/c20-16-3-1-2-15(10-16)12-23-8-5-14(6-9-23)13-25-17-4-7-22-18(11-17)19(21)24/h1-4,7,10-11,14H,5-6,8-9,12-13H2,(H2,21,24). The summed E-state index contributed by atoms with van der Waals surface area (Å²) in [6.07, 6.45) is 3.78. The first-order chi connectivity index (χ1) is 12.1. The van der Waals surface area contributed by atoms with Gasteiger partial charge in [0.25, 0.3) is 5.91 Å². The van der Waals surface area contributed by atoms with Crippen LogP contribution < -0.4 is 10.5 Å². The molecule has 1 aliphatic rings. The van der Waals surface area contributed by atoms with Crippen LogP contribution in [0.1, 0.15) is 28.9 Å². The maximum Gasteiger partial charge on any atom is 0.267 e. The highest BCUT2D eigenvalue weighted by Gasteiger charge is 2.20. The van der Waals surface area contributed by atoms with Gasteiger partial charge in [-0.3, -0.25) is 14.7 Å². The number of amides is 1. The van der Waals surface area contributed by atoms with Crippen LogP contribution >= 0.6 is 15.9 Å². The number of ether oxygens (including phenoxy) is 1. The summed E-state index contributed by atoms with van der Waals surface area (Å²) in [5.74, 6) is 0.649. The van der Waals surface area contributed by atoms with E-state index in [1.54, 1.807) is 18.3 Å². The van der Waals surface area contributed by atoms with Crippen molar-refractivity contribution >= 4 is 21.8 Å². The van der Waals surface area contributed by atoms with Crippen molar-refractivity contribution < 1.29 is 9.53 Å². The number of carbonyl (C=O) groups is 1. The lowest BCUT2D eigenvalue weighted by atomic mass is 9.97. The third-order valence-corrected chi connectivity index (χ3v) is 4.97. The molecule has 0 saturated carbocycles. The smallest absolute Gasteiger partial charge is 0.267 e. The van der Waals surface area contributed by atoms with E-state index >= 15 is 0 Å². The maximum absolute atomic E-state index is 11.2. The molecule has 2 aromatic rings. The number of pyridine rings is 1. The normalized spacial score (nSPS) is 15.9. The molecule has 2 N–H and O–H groups in total. The number of aromatic nitrogens is 1. The number of halogens is 1. The molecule has 2 heterocycles. The molecule has 0 atom stereocenters. The number of carbonyl (C=O) groups excluding carboxylic acids is 1. The third-order valence-electron chi connectivity index (χ3n) is 4.47.